The number of hydrogen-bond acceptors (Lipinski definition) is 7. The Morgan fingerprint density at radius 1 is 1.36 bits per heavy atom. The number of rotatable bonds is 2. The molecule has 4 heterocycles. The molecule has 2 atom stereocenters. The zero-order chi connectivity index (χ0) is 19.5. The molecule has 1 aromatic carbocycles. The van der Waals surface area contributed by atoms with E-state index < -0.39 is 11.5 Å². The molecule has 1 aromatic heterocycles. The zero-order valence-electron chi connectivity index (χ0n) is 15.2. The Balaban J connectivity index is 1.50. The number of nitrogens with one attached hydrogen (secondary N) is 2. The van der Waals surface area contributed by atoms with E-state index >= 15 is 0 Å². The molecule has 3 N–H and O–H groups in total. The van der Waals surface area contributed by atoms with E-state index in [2.05, 4.69) is 25.7 Å². The Bertz CT molecular complexity index is 1140. The Morgan fingerprint density at radius 3 is 3.00 bits per heavy atom. The minimum absolute atomic E-state index is 0.0378. The molecule has 0 radical (unpaired) electrons. The fourth-order valence-corrected chi connectivity index (χ4v) is 3.44. The van der Waals surface area contributed by atoms with Crippen molar-refractivity contribution in [1.82, 2.24) is 14.4 Å². The van der Waals surface area contributed by atoms with E-state index in [1.165, 1.54) is 6.92 Å². The number of aryl methyl sites for hydroxylation is 1. The van der Waals surface area contributed by atoms with E-state index in [-0.39, 0.29) is 4.59 Å². The number of amidine groups is 1. The maximum absolute atomic E-state index is 11.9. The van der Waals surface area contributed by atoms with Gasteiger partial charge in [0, 0.05) is 24.0 Å². The van der Waals surface area contributed by atoms with E-state index in [1.54, 1.807) is 41.5 Å². The van der Waals surface area contributed by atoms with Gasteiger partial charge in [0.2, 0.25) is 5.69 Å². The van der Waals surface area contributed by atoms with Crippen molar-refractivity contribution in [2.75, 3.05) is 10.6 Å². The average molecular weight is 377 g/mol. The molecule has 10 nitrogen and oxygen atoms in total. The van der Waals surface area contributed by atoms with Crippen LogP contribution in [-0.4, -0.2) is 38.8 Å². The van der Waals surface area contributed by atoms with Crippen LogP contribution in [0.4, 0.5) is 17.1 Å². The molecule has 2 unspecified atom stereocenters. The third-order valence-electron chi connectivity index (χ3n) is 4.96. The molecule has 2 aromatic rings. The molecule has 0 aliphatic carbocycles. The van der Waals surface area contributed by atoms with Crippen LogP contribution in [-0.2, 0) is 17.4 Å². The second-order valence-corrected chi connectivity index (χ2v) is 6.94. The third kappa shape index (κ3) is 2.25. The van der Waals surface area contributed by atoms with Crippen molar-refractivity contribution in [2.45, 2.75) is 12.5 Å². The summed E-state index contributed by atoms with van der Waals surface area (Å²) in [5, 5.41) is 25.1. The van der Waals surface area contributed by atoms with Gasteiger partial charge in [-0.3, -0.25) is 14.5 Å². The lowest BCUT2D eigenvalue weighted by molar-refractivity contribution is -0.131. The SMILES string of the molecule is Cn1cc([N+]23C=CN=CC2=NC(Nc2ccc4c(c2)NC(=O)C4(C)O)=N3)cn1. The summed E-state index contributed by atoms with van der Waals surface area (Å²) in [4.78, 5) is 20.6. The molecular weight excluding hydrogens is 360 g/mol. The average Bonchev–Trinajstić information content (AvgIpc) is 3.30. The molecule has 3 aliphatic heterocycles. The number of nitrogens with zero attached hydrogens (tertiary/aromatic N) is 6. The molecule has 0 bridgehead atoms. The lowest BCUT2D eigenvalue weighted by atomic mass is 9.98. The van der Waals surface area contributed by atoms with Gasteiger partial charge in [-0.25, -0.2) is 0 Å². The standard InChI is InChI=1S/C18H16N8O2/c1-18(28)13-4-3-11(7-14(13)22-16(18)27)21-17-23-15-9-19-5-6-26(15,24-17)12-8-20-25(2)10-12/h3-10,28H,1-2H3,(H-,21,22,24,27)/p+1. The summed E-state index contributed by atoms with van der Waals surface area (Å²) >= 11 is 0. The Morgan fingerprint density at radius 2 is 2.21 bits per heavy atom. The van der Waals surface area contributed by atoms with E-state index in [0.29, 0.717) is 28.7 Å². The van der Waals surface area contributed by atoms with Gasteiger partial charge in [-0.15, -0.1) is 0 Å². The number of amides is 1. The second kappa shape index (κ2) is 5.44. The van der Waals surface area contributed by atoms with E-state index in [1.807, 2.05) is 19.4 Å². The van der Waals surface area contributed by atoms with Crippen LogP contribution < -0.4 is 15.2 Å². The van der Waals surface area contributed by atoms with E-state index in [9.17, 15) is 9.90 Å². The fourth-order valence-electron chi connectivity index (χ4n) is 3.44. The molecule has 5 rings (SSSR count). The first-order valence-electron chi connectivity index (χ1n) is 8.62. The fraction of sp³-hybridized carbons (Fsp3) is 0.167. The highest BCUT2D eigenvalue weighted by atomic mass is 16.3. The lowest BCUT2D eigenvalue weighted by Gasteiger charge is -2.21. The predicted molar refractivity (Wildman–Crippen MR) is 106 cm³/mol. The van der Waals surface area contributed by atoms with Crippen LogP contribution in [0.25, 0.3) is 0 Å². The molecule has 0 saturated carbocycles. The van der Waals surface area contributed by atoms with Crippen LogP contribution in [0.5, 0.6) is 0 Å². The Labute approximate surface area is 159 Å². The summed E-state index contributed by atoms with van der Waals surface area (Å²) in [6.45, 7) is 1.47. The van der Waals surface area contributed by atoms with Crippen LogP contribution in [0.15, 0.2) is 58.1 Å². The molecule has 0 saturated heterocycles. The summed E-state index contributed by atoms with van der Waals surface area (Å²) in [6.07, 6.45) is 8.76. The van der Waals surface area contributed by atoms with Crippen LogP contribution in [0, 0.1) is 0 Å². The predicted octanol–water partition coefficient (Wildman–Crippen LogP) is 1.24. The number of guanidine groups is 1. The number of carbonyl (C=O) groups excluding carboxylic acids is 1. The van der Waals surface area contributed by atoms with Crippen LogP contribution in [0.2, 0.25) is 0 Å². The monoisotopic (exact) mass is 377 g/mol. The first-order valence-corrected chi connectivity index (χ1v) is 8.62. The van der Waals surface area contributed by atoms with Gasteiger partial charge >= 0.3 is 0 Å². The molecular formula is C18H17N8O2+. The van der Waals surface area contributed by atoms with Crippen LogP contribution in [0.1, 0.15) is 12.5 Å². The number of benzene rings is 1. The zero-order valence-corrected chi connectivity index (χ0v) is 15.2. The second-order valence-electron chi connectivity index (χ2n) is 6.94. The highest BCUT2D eigenvalue weighted by molar-refractivity contribution is 6.38. The summed E-state index contributed by atoms with van der Waals surface area (Å²) in [5.74, 6) is 0.584. The summed E-state index contributed by atoms with van der Waals surface area (Å²) in [5.41, 5.74) is 1.08. The number of fused-ring (bicyclic) bond motifs is 2. The minimum Gasteiger partial charge on any atom is -0.375 e. The molecule has 28 heavy (non-hydrogen) atoms. The van der Waals surface area contributed by atoms with Gasteiger partial charge in [0.25, 0.3) is 17.7 Å². The Kier molecular flexibility index (Phi) is 3.21. The topological polar surface area (TPSA) is 116 Å². The Hall–Kier alpha value is -3.63. The first-order chi connectivity index (χ1) is 13.4. The van der Waals surface area contributed by atoms with Crippen molar-refractivity contribution in [2.24, 2.45) is 22.1 Å². The molecule has 1 amide bonds. The first kappa shape index (κ1) is 16.5. The van der Waals surface area contributed by atoms with Crippen molar-refractivity contribution < 1.29 is 9.90 Å². The quantitative estimate of drug-likeness (QED) is 0.683. The van der Waals surface area contributed by atoms with Gasteiger partial charge in [0.15, 0.2) is 11.8 Å². The van der Waals surface area contributed by atoms with Gasteiger partial charge in [-0.2, -0.15) is 10.1 Å². The van der Waals surface area contributed by atoms with Crippen molar-refractivity contribution in [3.05, 3.63) is 48.6 Å². The molecule has 3 aliphatic rings. The summed E-state index contributed by atoms with van der Waals surface area (Å²) in [7, 11) is 1.84. The molecule has 10 heteroatoms. The van der Waals surface area contributed by atoms with Crippen LogP contribution >= 0.6 is 0 Å². The number of carbonyl (C=O) groups is 1. The normalized spacial score (nSPS) is 27.2. The summed E-state index contributed by atoms with van der Waals surface area (Å²) < 4.78 is 1.74. The van der Waals surface area contributed by atoms with Gasteiger partial charge in [0.1, 0.15) is 12.4 Å². The number of quaternary nitrogens is 1. The largest absolute Gasteiger partial charge is 0.375 e. The maximum atomic E-state index is 11.9. The molecule has 0 fully saturated rings. The van der Waals surface area contributed by atoms with Crippen LogP contribution in [0.3, 0.4) is 0 Å². The van der Waals surface area contributed by atoms with Crippen molar-refractivity contribution >= 4 is 41.0 Å². The highest BCUT2D eigenvalue weighted by Gasteiger charge is 2.44. The van der Waals surface area contributed by atoms with Gasteiger partial charge in [-0.1, -0.05) is 10.7 Å². The maximum Gasteiger partial charge on any atom is 0.287 e. The van der Waals surface area contributed by atoms with Gasteiger partial charge in [-0.05, 0) is 24.2 Å². The van der Waals surface area contributed by atoms with E-state index in [4.69, 9.17) is 5.10 Å². The lowest BCUT2D eigenvalue weighted by Crippen LogP contribution is -2.44. The van der Waals surface area contributed by atoms with Crippen molar-refractivity contribution in [3.8, 4) is 0 Å². The van der Waals surface area contributed by atoms with E-state index in [0.717, 1.165) is 5.69 Å². The minimum atomic E-state index is -1.53. The smallest absolute Gasteiger partial charge is 0.287 e. The summed E-state index contributed by atoms with van der Waals surface area (Å²) in [6, 6.07) is 5.22. The highest BCUT2D eigenvalue weighted by Crippen LogP contribution is 2.37. The third-order valence-corrected chi connectivity index (χ3v) is 4.96. The molecule has 0 spiro atoms. The van der Waals surface area contributed by atoms with Gasteiger partial charge in [0.05, 0.1) is 12.4 Å². The molecule has 140 valence electrons. The number of hydrogen-bond donors (Lipinski definition) is 3. The number of anilines is 2. The van der Waals surface area contributed by atoms with Crippen molar-refractivity contribution in [1.29, 1.82) is 0 Å². The van der Waals surface area contributed by atoms with Crippen molar-refractivity contribution in [3.63, 3.8) is 0 Å². The number of aliphatic imine (C=N–C) groups is 2. The van der Waals surface area contributed by atoms with Gasteiger partial charge < -0.3 is 15.7 Å². The number of aromatic nitrogens is 2. The number of aliphatic hydroxyl groups is 1.